The SMILES string of the molecule is CCOP(=O)(OCC)[C@]1(C(=O)OC2CC(C)CCC2C(C)(C)c2ccccc2)N=NC[C@@H]1c1ccc(Cl)cc1. The van der Waals surface area contributed by atoms with Crippen molar-refractivity contribution < 1.29 is 23.1 Å². The van der Waals surface area contributed by atoms with E-state index < -0.39 is 30.9 Å². The zero-order valence-corrected chi connectivity index (χ0v) is 25.2. The minimum absolute atomic E-state index is 0.0583. The van der Waals surface area contributed by atoms with Crippen LogP contribution in [0.5, 0.6) is 0 Å². The van der Waals surface area contributed by atoms with Crippen molar-refractivity contribution in [3.8, 4) is 0 Å². The monoisotopic (exact) mass is 574 g/mol. The lowest BCUT2D eigenvalue weighted by Gasteiger charge is -2.45. The molecule has 0 amide bonds. The Labute approximate surface area is 237 Å². The largest absolute Gasteiger partial charge is 0.460 e. The van der Waals surface area contributed by atoms with Crippen molar-refractivity contribution >= 4 is 25.2 Å². The molecule has 0 spiro atoms. The van der Waals surface area contributed by atoms with Gasteiger partial charge in [0.25, 0.3) is 5.28 Å². The molecule has 2 aromatic rings. The normalized spacial score (nSPS) is 27.4. The molecule has 0 aromatic heterocycles. The average Bonchev–Trinajstić information content (AvgIpc) is 3.37. The van der Waals surface area contributed by atoms with Crippen molar-refractivity contribution in [2.45, 2.75) is 76.6 Å². The Kier molecular flexibility index (Phi) is 9.37. The predicted octanol–water partition coefficient (Wildman–Crippen LogP) is 8.18. The molecular weight excluding hydrogens is 535 g/mol. The van der Waals surface area contributed by atoms with Crippen LogP contribution >= 0.6 is 19.2 Å². The van der Waals surface area contributed by atoms with Gasteiger partial charge < -0.3 is 13.8 Å². The second-order valence-electron chi connectivity index (χ2n) is 11.1. The third-order valence-corrected chi connectivity index (χ3v) is 11.2. The summed E-state index contributed by atoms with van der Waals surface area (Å²) in [6.07, 6.45) is 2.26. The van der Waals surface area contributed by atoms with Crippen LogP contribution in [0.2, 0.25) is 5.02 Å². The molecule has 0 saturated heterocycles. The second kappa shape index (κ2) is 12.2. The fraction of sp³-hybridized carbons (Fsp3) is 0.567. The maximum Gasteiger partial charge on any atom is 0.372 e. The van der Waals surface area contributed by atoms with Gasteiger partial charge in [0, 0.05) is 10.9 Å². The van der Waals surface area contributed by atoms with Crippen LogP contribution in [-0.4, -0.2) is 37.1 Å². The number of carbonyl (C=O) groups is 1. The summed E-state index contributed by atoms with van der Waals surface area (Å²) in [6.45, 7) is 10.3. The summed E-state index contributed by atoms with van der Waals surface area (Å²) >= 11 is 6.15. The molecule has 4 rings (SSSR count). The number of nitrogens with zero attached hydrogens (tertiary/aromatic N) is 2. The van der Waals surface area contributed by atoms with Crippen LogP contribution in [0, 0.1) is 11.8 Å². The Morgan fingerprint density at radius 2 is 1.69 bits per heavy atom. The zero-order chi connectivity index (χ0) is 28.3. The van der Waals surface area contributed by atoms with Gasteiger partial charge >= 0.3 is 13.6 Å². The van der Waals surface area contributed by atoms with Crippen molar-refractivity contribution in [3.63, 3.8) is 0 Å². The highest BCUT2D eigenvalue weighted by molar-refractivity contribution is 7.56. The lowest BCUT2D eigenvalue weighted by molar-refractivity contribution is -0.161. The molecule has 9 heteroatoms. The lowest BCUT2D eigenvalue weighted by atomic mass is 9.64. The van der Waals surface area contributed by atoms with Crippen molar-refractivity contribution in [1.82, 2.24) is 0 Å². The molecule has 0 bridgehead atoms. The van der Waals surface area contributed by atoms with Gasteiger partial charge in [-0.25, -0.2) is 4.79 Å². The third-order valence-electron chi connectivity index (χ3n) is 8.32. The number of rotatable bonds is 10. The van der Waals surface area contributed by atoms with Gasteiger partial charge in [0.05, 0.1) is 25.7 Å². The molecule has 1 aliphatic carbocycles. The molecule has 2 aromatic carbocycles. The first kappa shape index (κ1) is 29.9. The highest BCUT2D eigenvalue weighted by Crippen LogP contribution is 2.68. The molecule has 3 unspecified atom stereocenters. The van der Waals surface area contributed by atoms with Crippen LogP contribution in [0.25, 0.3) is 0 Å². The Bertz CT molecular complexity index is 1200. The van der Waals surface area contributed by atoms with Crippen LogP contribution in [-0.2, 0) is 28.6 Å². The molecule has 2 aliphatic rings. The quantitative estimate of drug-likeness (QED) is 0.211. The number of ether oxygens (including phenoxy) is 1. The molecule has 5 atom stereocenters. The summed E-state index contributed by atoms with van der Waals surface area (Å²) in [5.41, 5.74) is 1.66. The minimum Gasteiger partial charge on any atom is -0.460 e. The molecule has 0 N–H and O–H groups in total. The first-order chi connectivity index (χ1) is 18.6. The van der Waals surface area contributed by atoms with E-state index in [-0.39, 0.29) is 31.1 Å². The molecule has 1 aliphatic heterocycles. The van der Waals surface area contributed by atoms with Gasteiger partial charge in [0.1, 0.15) is 6.10 Å². The number of esters is 1. The second-order valence-corrected chi connectivity index (χ2v) is 13.8. The molecule has 39 heavy (non-hydrogen) atoms. The van der Waals surface area contributed by atoms with E-state index >= 15 is 0 Å². The van der Waals surface area contributed by atoms with E-state index in [0.29, 0.717) is 17.4 Å². The first-order valence-corrected chi connectivity index (χ1v) is 15.8. The van der Waals surface area contributed by atoms with Gasteiger partial charge in [-0.15, -0.1) is 0 Å². The van der Waals surface area contributed by atoms with Gasteiger partial charge in [-0.3, -0.25) is 4.57 Å². The molecule has 7 nitrogen and oxygen atoms in total. The Morgan fingerprint density at radius 3 is 2.31 bits per heavy atom. The highest BCUT2D eigenvalue weighted by atomic mass is 35.5. The van der Waals surface area contributed by atoms with E-state index in [1.54, 1.807) is 38.1 Å². The Hall–Kier alpha value is -2.05. The summed E-state index contributed by atoms with van der Waals surface area (Å²) < 4.78 is 32.5. The van der Waals surface area contributed by atoms with Crippen LogP contribution in [0.15, 0.2) is 64.8 Å². The number of carbonyl (C=O) groups excluding carboxylic acids is 1. The minimum atomic E-state index is -4.16. The lowest BCUT2D eigenvalue weighted by Crippen LogP contribution is -2.49. The number of azo groups is 1. The van der Waals surface area contributed by atoms with Crippen LogP contribution in [0.1, 0.15) is 70.9 Å². The van der Waals surface area contributed by atoms with Gasteiger partial charge in [0.15, 0.2) is 0 Å². The number of halogens is 1. The standard InChI is InChI=1S/C30H40ClN2O5P/c1-6-36-39(35,37-7-2)30(26(20-32-33-30)22-14-16-24(31)17-15-22)28(34)38-27-19-21(3)13-18-25(27)29(4,5)23-11-9-8-10-12-23/h8-12,14-17,21,25-27H,6-7,13,18-20H2,1-5H3/t21?,25?,26-,27?,30-/m1/s1. The molecule has 212 valence electrons. The van der Waals surface area contributed by atoms with E-state index in [4.69, 9.17) is 25.4 Å². The topological polar surface area (TPSA) is 86.5 Å². The van der Waals surface area contributed by atoms with Crippen molar-refractivity contribution in [2.24, 2.45) is 22.1 Å². The van der Waals surface area contributed by atoms with Crippen molar-refractivity contribution in [2.75, 3.05) is 19.8 Å². The van der Waals surface area contributed by atoms with Gasteiger partial charge in [-0.1, -0.05) is 81.3 Å². The van der Waals surface area contributed by atoms with E-state index in [9.17, 15) is 9.36 Å². The fourth-order valence-electron chi connectivity index (χ4n) is 6.17. The summed E-state index contributed by atoms with van der Waals surface area (Å²) in [5.74, 6) is -0.956. The van der Waals surface area contributed by atoms with Gasteiger partial charge in [-0.05, 0) is 61.3 Å². The summed E-state index contributed by atoms with van der Waals surface area (Å²) in [7, 11) is -4.16. The van der Waals surface area contributed by atoms with Crippen LogP contribution in [0.3, 0.4) is 0 Å². The van der Waals surface area contributed by atoms with Crippen molar-refractivity contribution in [3.05, 3.63) is 70.7 Å². The van der Waals surface area contributed by atoms with Crippen LogP contribution in [0.4, 0.5) is 0 Å². The van der Waals surface area contributed by atoms with Gasteiger partial charge in [0.2, 0.25) is 0 Å². The van der Waals surface area contributed by atoms with E-state index in [2.05, 4.69) is 43.1 Å². The van der Waals surface area contributed by atoms with Crippen molar-refractivity contribution in [1.29, 1.82) is 0 Å². The average molecular weight is 575 g/mol. The van der Waals surface area contributed by atoms with E-state index in [1.807, 2.05) is 18.2 Å². The molecule has 1 saturated carbocycles. The first-order valence-electron chi connectivity index (χ1n) is 13.9. The summed E-state index contributed by atoms with van der Waals surface area (Å²) in [5, 5.41) is 7.25. The summed E-state index contributed by atoms with van der Waals surface area (Å²) in [4.78, 5) is 14.5. The van der Waals surface area contributed by atoms with Crippen LogP contribution < -0.4 is 0 Å². The Morgan fingerprint density at radius 1 is 1.05 bits per heavy atom. The summed E-state index contributed by atoms with van der Waals surface area (Å²) in [6, 6.07) is 17.4. The Balaban J connectivity index is 1.76. The fourth-order valence-corrected chi connectivity index (χ4v) is 8.50. The number of benzene rings is 2. The third kappa shape index (κ3) is 5.74. The maximum absolute atomic E-state index is 14.5. The zero-order valence-electron chi connectivity index (χ0n) is 23.5. The highest BCUT2D eigenvalue weighted by Gasteiger charge is 2.67. The molecular formula is C30H40ClN2O5P. The molecule has 1 fully saturated rings. The van der Waals surface area contributed by atoms with E-state index in [1.165, 1.54) is 5.56 Å². The molecule has 0 radical (unpaired) electrons. The smallest absolute Gasteiger partial charge is 0.372 e. The maximum atomic E-state index is 14.5. The number of hydrogen-bond donors (Lipinski definition) is 0. The predicted molar refractivity (Wildman–Crippen MR) is 153 cm³/mol. The van der Waals surface area contributed by atoms with E-state index in [0.717, 1.165) is 18.4 Å². The van der Waals surface area contributed by atoms with Gasteiger partial charge in [-0.2, -0.15) is 10.2 Å². The molecule has 1 heterocycles. The number of hydrogen-bond acceptors (Lipinski definition) is 7.